The number of nitrogens with zero attached hydrogens (tertiary/aromatic N) is 1. The van der Waals surface area contributed by atoms with Crippen LogP contribution in [0.5, 0.6) is 0 Å². The number of carbonyl (C=O) groups is 2. The summed E-state index contributed by atoms with van der Waals surface area (Å²) in [5.74, 6) is 0.195. The van der Waals surface area contributed by atoms with Crippen LogP contribution in [0.2, 0.25) is 0 Å². The van der Waals surface area contributed by atoms with E-state index in [0.29, 0.717) is 41.7 Å². The molecule has 2 atom stereocenters. The second kappa shape index (κ2) is 8.47. The number of amides is 1. The van der Waals surface area contributed by atoms with E-state index in [0.717, 1.165) is 6.42 Å². The summed E-state index contributed by atoms with van der Waals surface area (Å²) < 4.78 is 27.4. The number of nitrogens with one attached hydrogen (secondary N) is 1. The lowest BCUT2D eigenvalue weighted by Crippen LogP contribution is -2.42. The van der Waals surface area contributed by atoms with Crippen LogP contribution in [-0.2, 0) is 10.0 Å². The van der Waals surface area contributed by atoms with Gasteiger partial charge in [0, 0.05) is 29.9 Å². The highest BCUT2D eigenvalue weighted by Crippen LogP contribution is 2.27. The Labute approximate surface area is 172 Å². The van der Waals surface area contributed by atoms with Crippen LogP contribution in [0.4, 0.5) is 5.69 Å². The molecule has 1 N–H and O–H groups in total. The first kappa shape index (κ1) is 21.2. The highest BCUT2D eigenvalue weighted by Gasteiger charge is 2.31. The van der Waals surface area contributed by atoms with Gasteiger partial charge in [-0.1, -0.05) is 26.0 Å². The molecule has 29 heavy (non-hydrogen) atoms. The van der Waals surface area contributed by atoms with Gasteiger partial charge in [0.15, 0.2) is 5.78 Å². The highest BCUT2D eigenvalue weighted by molar-refractivity contribution is 7.89. The molecular weight excluding hydrogens is 388 g/mol. The summed E-state index contributed by atoms with van der Waals surface area (Å²) in [7, 11) is -3.58. The molecule has 1 aliphatic rings. The number of ketones is 1. The summed E-state index contributed by atoms with van der Waals surface area (Å²) in [5.41, 5.74) is 1.36. The average molecular weight is 415 g/mol. The van der Waals surface area contributed by atoms with Crippen LogP contribution in [0.3, 0.4) is 0 Å². The molecule has 2 aromatic carbocycles. The average Bonchev–Trinajstić information content (AvgIpc) is 2.67. The molecule has 1 saturated heterocycles. The minimum absolute atomic E-state index is 0.0861. The van der Waals surface area contributed by atoms with Crippen molar-refractivity contribution in [3.05, 3.63) is 59.7 Å². The fraction of sp³-hybridized carbons (Fsp3) is 0.364. The van der Waals surface area contributed by atoms with E-state index in [-0.39, 0.29) is 16.6 Å². The van der Waals surface area contributed by atoms with E-state index in [2.05, 4.69) is 19.2 Å². The number of anilines is 1. The zero-order chi connectivity index (χ0) is 21.2. The Morgan fingerprint density at radius 1 is 0.966 bits per heavy atom. The first-order chi connectivity index (χ1) is 13.7. The molecule has 154 valence electrons. The maximum Gasteiger partial charge on any atom is 0.255 e. The third kappa shape index (κ3) is 4.92. The Hall–Kier alpha value is -2.51. The molecule has 0 radical (unpaired) electrons. The summed E-state index contributed by atoms with van der Waals surface area (Å²) in [6, 6.07) is 12.6. The fourth-order valence-electron chi connectivity index (χ4n) is 3.75. The lowest BCUT2D eigenvalue weighted by molar-refractivity contribution is 0.101. The first-order valence-corrected chi connectivity index (χ1v) is 11.1. The van der Waals surface area contributed by atoms with Gasteiger partial charge in [0.05, 0.1) is 4.90 Å². The number of hydrogen-bond donors (Lipinski definition) is 1. The van der Waals surface area contributed by atoms with Gasteiger partial charge in [0.25, 0.3) is 5.91 Å². The zero-order valence-corrected chi connectivity index (χ0v) is 17.7. The van der Waals surface area contributed by atoms with E-state index >= 15 is 0 Å². The first-order valence-electron chi connectivity index (χ1n) is 9.69. The van der Waals surface area contributed by atoms with Crippen LogP contribution in [0.1, 0.15) is 47.9 Å². The van der Waals surface area contributed by atoms with Crippen LogP contribution in [-0.4, -0.2) is 37.5 Å². The van der Waals surface area contributed by atoms with E-state index in [1.807, 2.05) is 0 Å². The second-order valence-electron chi connectivity index (χ2n) is 7.88. The lowest BCUT2D eigenvalue weighted by atomic mass is 9.94. The van der Waals surface area contributed by atoms with Gasteiger partial charge in [-0.3, -0.25) is 9.59 Å². The summed E-state index contributed by atoms with van der Waals surface area (Å²) in [6.45, 7) is 6.62. The Kier molecular flexibility index (Phi) is 6.19. The largest absolute Gasteiger partial charge is 0.322 e. The van der Waals surface area contributed by atoms with Crippen LogP contribution >= 0.6 is 0 Å². The topological polar surface area (TPSA) is 83.5 Å². The zero-order valence-electron chi connectivity index (χ0n) is 16.9. The molecular formula is C22H26N2O4S. The number of piperidine rings is 1. The molecule has 1 amide bonds. The number of hydrogen-bond acceptors (Lipinski definition) is 4. The molecule has 2 aromatic rings. The second-order valence-corrected chi connectivity index (χ2v) is 9.82. The number of sulfonamides is 1. The Morgan fingerprint density at radius 2 is 1.59 bits per heavy atom. The number of rotatable bonds is 5. The normalized spacial score (nSPS) is 20.2. The van der Waals surface area contributed by atoms with Crippen LogP contribution < -0.4 is 5.32 Å². The van der Waals surface area contributed by atoms with Gasteiger partial charge >= 0.3 is 0 Å². The van der Waals surface area contributed by atoms with Crippen molar-refractivity contribution in [1.29, 1.82) is 0 Å². The molecule has 0 saturated carbocycles. The van der Waals surface area contributed by atoms with Crippen molar-refractivity contribution in [2.75, 3.05) is 18.4 Å². The summed E-state index contributed by atoms with van der Waals surface area (Å²) in [4.78, 5) is 24.2. The molecule has 3 rings (SSSR count). The van der Waals surface area contributed by atoms with Crippen molar-refractivity contribution in [2.45, 2.75) is 32.1 Å². The molecule has 2 unspecified atom stereocenters. The quantitative estimate of drug-likeness (QED) is 0.754. The maximum absolute atomic E-state index is 12.9. The summed E-state index contributed by atoms with van der Waals surface area (Å²) >= 11 is 0. The highest BCUT2D eigenvalue weighted by atomic mass is 32.2. The predicted molar refractivity (Wildman–Crippen MR) is 113 cm³/mol. The van der Waals surface area contributed by atoms with Gasteiger partial charge in [0.2, 0.25) is 10.0 Å². The van der Waals surface area contributed by atoms with Crippen LogP contribution in [0.15, 0.2) is 53.4 Å². The van der Waals surface area contributed by atoms with Crippen LogP contribution in [0, 0.1) is 11.8 Å². The molecule has 0 bridgehead atoms. The Morgan fingerprint density at radius 3 is 2.17 bits per heavy atom. The van der Waals surface area contributed by atoms with Gasteiger partial charge in [-0.2, -0.15) is 4.31 Å². The summed E-state index contributed by atoms with van der Waals surface area (Å²) in [6.07, 6.45) is 1.02. The van der Waals surface area contributed by atoms with E-state index in [9.17, 15) is 18.0 Å². The third-order valence-electron chi connectivity index (χ3n) is 5.12. The predicted octanol–water partition coefficient (Wildman–Crippen LogP) is 3.81. The monoisotopic (exact) mass is 414 g/mol. The Bertz CT molecular complexity index is 1010. The van der Waals surface area contributed by atoms with E-state index in [4.69, 9.17) is 0 Å². The third-order valence-corrected chi connectivity index (χ3v) is 6.96. The minimum Gasteiger partial charge on any atom is -0.322 e. The van der Waals surface area contributed by atoms with Gasteiger partial charge in [-0.15, -0.1) is 0 Å². The summed E-state index contributed by atoms with van der Waals surface area (Å²) in [5, 5.41) is 2.74. The SMILES string of the molecule is CC(=O)c1cccc(NC(=O)c2ccc(S(=O)(=O)N3CC(C)CC(C)C3)cc2)c1. The van der Waals surface area contributed by atoms with Crippen molar-refractivity contribution < 1.29 is 18.0 Å². The van der Waals surface area contributed by atoms with Gasteiger partial charge < -0.3 is 5.32 Å². The molecule has 1 heterocycles. The van der Waals surface area contributed by atoms with E-state index in [1.54, 1.807) is 24.3 Å². The van der Waals surface area contributed by atoms with Crippen molar-refractivity contribution in [2.24, 2.45) is 11.8 Å². The van der Waals surface area contributed by atoms with Gasteiger partial charge in [-0.05, 0) is 61.6 Å². The fourth-order valence-corrected chi connectivity index (χ4v) is 5.43. The molecule has 0 aromatic heterocycles. The van der Waals surface area contributed by atoms with Crippen molar-refractivity contribution in [1.82, 2.24) is 4.31 Å². The van der Waals surface area contributed by atoms with Gasteiger partial charge in [0.1, 0.15) is 0 Å². The molecule has 7 heteroatoms. The minimum atomic E-state index is -3.58. The van der Waals surface area contributed by atoms with E-state index < -0.39 is 10.0 Å². The number of benzene rings is 2. The van der Waals surface area contributed by atoms with Crippen molar-refractivity contribution in [3.8, 4) is 0 Å². The Balaban J connectivity index is 1.75. The molecule has 1 fully saturated rings. The smallest absolute Gasteiger partial charge is 0.255 e. The molecule has 0 spiro atoms. The van der Waals surface area contributed by atoms with Gasteiger partial charge in [-0.25, -0.2) is 8.42 Å². The van der Waals surface area contributed by atoms with Crippen molar-refractivity contribution in [3.63, 3.8) is 0 Å². The number of carbonyl (C=O) groups excluding carboxylic acids is 2. The molecule has 0 aliphatic carbocycles. The molecule has 1 aliphatic heterocycles. The standard InChI is InChI=1S/C22H26N2O4S/c1-15-11-16(2)14-24(13-15)29(27,28)21-9-7-18(8-10-21)22(26)23-20-6-4-5-19(12-20)17(3)25/h4-10,12,15-16H,11,13-14H2,1-3H3,(H,23,26). The lowest BCUT2D eigenvalue weighted by Gasteiger charge is -2.34. The van der Waals surface area contributed by atoms with Crippen LogP contribution in [0.25, 0.3) is 0 Å². The molecule has 6 nitrogen and oxygen atoms in total. The van der Waals surface area contributed by atoms with E-state index in [1.165, 1.54) is 35.5 Å². The number of Topliss-reactive ketones (excluding diaryl/α,β-unsaturated/α-hetero) is 1. The maximum atomic E-state index is 12.9. The van der Waals surface area contributed by atoms with Crippen molar-refractivity contribution >= 4 is 27.4 Å².